The highest BCUT2D eigenvalue weighted by atomic mass is 16.2. The minimum absolute atomic E-state index is 0.0491. The van der Waals surface area contributed by atoms with E-state index in [4.69, 9.17) is 0 Å². The van der Waals surface area contributed by atoms with Crippen LogP contribution in [0.2, 0.25) is 0 Å². The number of aryl methyl sites for hydroxylation is 3. The lowest BCUT2D eigenvalue weighted by molar-refractivity contribution is -0.123. The molecule has 0 aliphatic rings. The zero-order valence-electron chi connectivity index (χ0n) is 14.5. The van der Waals surface area contributed by atoms with E-state index < -0.39 is 0 Å². The van der Waals surface area contributed by atoms with Crippen molar-refractivity contribution in [1.29, 1.82) is 0 Å². The van der Waals surface area contributed by atoms with Gasteiger partial charge >= 0.3 is 0 Å². The summed E-state index contributed by atoms with van der Waals surface area (Å²) in [5.41, 5.74) is 4.00. The predicted molar refractivity (Wildman–Crippen MR) is 90.2 cm³/mol. The summed E-state index contributed by atoms with van der Waals surface area (Å²) in [4.78, 5) is 27.6. The van der Waals surface area contributed by atoms with Crippen LogP contribution in [0.1, 0.15) is 23.6 Å². The van der Waals surface area contributed by atoms with Crippen molar-refractivity contribution >= 4 is 17.5 Å². The first-order valence-corrected chi connectivity index (χ1v) is 7.49. The molecule has 0 bridgehead atoms. The molecule has 0 unspecified atom stereocenters. The Balaban J connectivity index is 2.87. The summed E-state index contributed by atoms with van der Waals surface area (Å²) in [5.74, 6) is -0.269. The summed E-state index contributed by atoms with van der Waals surface area (Å²) in [6.07, 6.45) is 0. The number of carbonyl (C=O) groups excluding carboxylic acids is 2. The molecule has 5 nitrogen and oxygen atoms in total. The molecule has 0 saturated carbocycles. The van der Waals surface area contributed by atoms with Gasteiger partial charge in [-0.1, -0.05) is 17.7 Å². The fourth-order valence-corrected chi connectivity index (χ4v) is 2.56. The number of carbonyl (C=O) groups is 2. The molecule has 0 aliphatic carbocycles. The van der Waals surface area contributed by atoms with Crippen LogP contribution in [0.4, 0.5) is 5.69 Å². The maximum Gasteiger partial charge on any atom is 0.240 e. The van der Waals surface area contributed by atoms with Crippen LogP contribution < -0.4 is 10.2 Å². The molecule has 22 heavy (non-hydrogen) atoms. The Morgan fingerprint density at radius 2 is 1.64 bits per heavy atom. The maximum absolute atomic E-state index is 12.1. The van der Waals surface area contributed by atoms with Crippen LogP contribution >= 0.6 is 0 Å². The van der Waals surface area contributed by atoms with Gasteiger partial charge in [-0.3, -0.25) is 9.59 Å². The summed E-state index contributed by atoms with van der Waals surface area (Å²) in [6, 6.07) is 4.06. The third kappa shape index (κ3) is 5.15. The molecular weight excluding hydrogens is 278 g/mol. The number of rotatable bonds is 6. The molecule has 1 aromatic rings. The van der Waals surface area contributed by atoms with Gasteiger partial charge in [-0.15, -0.1) is 0 Å². The smallest absolute Gasteiger partial charge is 0.240 e. The third-order valence-electron chi connectivity index (χ3n) is 3.47. The molecule has 0 radical (unpaired) electrons. The quantitative estimate of drug-likeness (QED) is 0.869. The van der Waals surface area contributed by atoms with Crippen molar-refractivity contribution in [3.63, 3.8) is 0 Å². The summed E-state index contributed by atoms with van der Waals surface area (Å²) < 4.78 is 0. The molecule has 2 amide bonds. The average Bonchev–Trinajstić information content (AvgIpc) is 2.35. The molecule has 1 aromatic carbocycles. The number of nitrogens with zero attached hydrogens (tertiary/aromatic N) is 2. The second-order valence-electron chi connectivity index (χ2n) is 6.01. The van der Waals surface area contributed by atoms with Gasteiger partial charge < -0.3 is 15.1 Å². The van der Waals surface area contributed by atoms with Gasteiger partial charge in [0.2, 0.25) is 11.8 Å². The summed E-state index contributed by atoms with van der Waals surface area (Å²) >= 11 is 0. The van der Waals surface area contributed by atoms with Gasteiger partial charge in [0.15, 0.2) is 0 Å². The van der Waals surface area contributed by atoms with Crippen LogP contribution in [0.15, 0.2) is 12.1 Å². The lowest BCUT2D eigenvalue weighted by Crippen LogP contribution is -2.42. The van der Waals surface area contributed by atoms with Crippen LogP contribution in [0.5, 0.6) is 0 Å². The van der Waals surface area contributed by atoms with E-state index in [2.05, 4.69) is 5.32 Å². The Morgan fingerprint density at radius 1 is 1.09 bits per heavy atom. The highest BCUT2D eigenvalue weighted by Crippen LogP contribution is 2.26. The van der Waals surface area contributed by atoms with Crippen molar-refractivity contribution in [3.05, 3.63) is 28.8 Å². The standard InChI is InChI=1S/C17H27N3O2/c1-12-9-13(2)17(14(3)10-12)20(15(4)21)11-16(22)18-7-8-19(5)6/h9-10H,7-8,11H2,1-6H3,(H,18,22). The van der Waals surface area contributed by atoms with Crippen LogP contribution in [-0.2, 0) is 9.59 Å². The normalized spacial score (nSPS) is 10.7. The summed E-state index contributed by atoms with van der Waals surface area (Å²) in [6.45, 7) is 8.84. The first-order valence-electron chi connectivity index (χ1n) is 7.49. The second kappa shape index (κ2) is 7.94. The lowest BCUT2D eigenvalue weighted by atomic mass is 10.0. The Hall–Kier alpha value is -1.88. The van der Waals surface area contributed by atoms with Crippen molar-refractivity contribution in [2.24, 2.45) is 0 Å². The van der Waals surface area contributed by atoms with Gasteiger partial charge in [0.25, 0.3) is 0 Å². The molecule has 0 spiro atoms. The Morgan fingerprint density at radius 3 is 2.09 bits per heavy atom. The van der Waals surface area contributed by atoms with E-state index in [0.717, 1.165) is 28.9 Å². The topological polar surface area (TPSA) is 52.7 Å². The molecule has 0 heterocycles. The van der Waals surface area contributed by atoms with Gasteiger partial charge in [0.05, 0.1) is 5.69 Å². The molecule has 1 rings (SSSR count). The Kier molecular flexibility index (Phi) is 6.56. The van der Waals surface area contributed by atoms with Crippen LogP contribution in [0.25, 0.3) is 0 Å². The minimum Gasteiger partial charge on any atom is -0.353 e. The monoisotopic (exact) mass is 305 g/mol. The number of hydrogen-bond donors (Lipinski definition) is 1. The molecular formula is C17H27N3O2. The Labute approximate surface area is 133 Å². The average molecular weight is 305 g/mol. The fraction of sp³-hybridized carbons (Fsp3) is 0.529. The predicted octanol–water partition coefficient (Wildman–Crippen LogP) is 1.64. The molecule has 0 aliphatic heterocycles. The first-order chi connectivity index (χ1) is 10.2. The molecule has 0 fully saturated rings. The van der Waals surface area contributed by atoms with E-state index in [1.165, 1.54) is 6.92 Å². The fourth-order valence-electron chi connectivity index (χ4n) is 2.56. The van der Waals surface area contributed by atoms with Gasteiger partial charge in [0, 0.05) is 20.0 Å². The highest BCUT2D eigenvalue weighted by molar-refractivity contribution is 5.98. The Bertz CT molecular complexity index is 530. The van der Waals surface area contributed by atoms with Crippen molar-refractivity contribution in [3.8, 4) is 0 Å². The number of anilines is 1. The molecule has 122 valence electrons. The number of benzene rings is 1. The zero-order valence-corrected chi connectivity index (χ0v) is 14.5. The van der Waals surface area contributed by atoms with Crippen molar-refractivity contribution < 1.29 is 9.59 Å². The van der Waals surface area contributed by atoms with Crippen molar-refractivity contribution in [2.75, 3.05) is 38.6 Å². The van der Waals surface area contributed by atoms with Crippen LogP contribution in [0, 0.1) is 20.8 Å². The molecule has 5 heteroatoms. The van der Waals surface area contributed by atoms with Gasteiger partial charge in [-0.05, 0) is 46.0 Å². The maximum atomic E-state index is 12.1. The van der Waals surface area contributed by atoms with Crippen LogP contribution in [-0.4, -0.2) is 50.4 Å². The molecule has 0 aromatic heterocycles. The van der Waals surface area contributed by atoms with E-state index in [1.54, 1.807) is 4.90 Å². The van der Waals surface area contributed by atoms with E-state index in [-0.39, 0.29) is 18.4 Å². The summed E-state index contributed by atoms with van der Waals surface area (Å²) in [5, 5.41) is 2.84. The van der Waals surface area contributed by atoms with E-state index in [1.807, 2.05) is 51.9 Å². The molecule has 1 N–H and O–H groups in total. The van der Waals surface area contributed by atoms with E-state index in [9.17, 15) is 9.59 Å². The van der Waals surface area contributed by atoms with Gasteiger partial charge in [-0.2, -0.15) is 0 Å². The molecule has 0 saturated heterocycles. The second-order valence-corrected chi connectivity index (χ2v) is 6.01. The van der Waals surface area contributed by atoms with Crippen molar-refractivity contribution in [1.82, 2.24) is 10.2 Å². The summed E-state index contributed by atoms with van der Waals surface area (Å²) in [7, 11) is 3.90. The van der Waals surface area contributed by atoms with Gasteiger partial charge in [-0.25, -0.2) is 0 Å². The highest BCUT2D eigenvalue weighted by Gasteiger charge is 2.19. The number of hydrogen-bond acceptors (Lipinski definition) is 3. The molecule has 0 atom stereocenters. The van der Waals surface area contributed by atoms with Gasteiger partial charge in [0.1, 0.15) is 6.54 Å². The third-order valence-corrected chi connectivity index (χ3v) is 3.47. The number of amides is 2. The van der Waals surface area contributed by atoms with E-state index in [0.29, 0.717) is 6.54 Å². The lowest BCUT2D eigenvalue weighted by Gasteiger charge is -2.25. The largest absolute Gasteiger partial charge is 0.353 e. The number of likely N-dealkylation sites (N-methyl/N-ethyl adjacent to an activating group) is 1. The minimum atomic E-state index is -0.142. The number of nitrogens with one attached hydrogen (secondary N) is 1. The van der Waals surface area contributed by atoms with Crippen molar-refractivity contribution in [2.45, 2.75) is 27.7 Å². The SMILES string of the molecule is CC(=O)N(CC(=O)NCCN(C)C)c1c(C)cc(C)cc1C. The van der Waals surface area contributed by atoms with Crippen LogP contribution in [0.3, 0.4) is 0 Å². The first kappa shape index (κ1) is 18.2. The zero-order chi connectivity index (χ0) is 16.9. The van der Waals surface area contributed by atoms with E-state index >= 15 is 0 Å².